The van der Waals surface area contributed by atoms with E-state index in [1.165, 1.54) is 59.5 Å². The van der Waals surface area contributed by atoms with Crippen molar-refractivity contribution in [3.63, 3.8) is 0 Å². The molecule has 4 heteroatoms. The SMILES string of the molecule is C1C2CC3C4CC5CC(C14)C(C2)C3C5.O=S(=O)(O)c1ccccc1. The van der Waals surface area contributed by atoms with Gasteiger partial charge in [0.2, 0.25) is 0 Å². The van der Waals surface area contributed by atoms with E-state index < -0.39 is 10.1 Å². The van der Waals surface area contributed by atoms with Crippen molar-refractivity contribution in [1.29, 1.82) is 0 Å². The molecular formula is C20H26O3S. The second-order valence-corrected chi connectivity index (χ2v) is 10.3. The van der Waals surface area contributed by atoms with Crippen molar-refractivity contribution in [2.45, 2.75) is 43.4 Å². The maximum atomic E-state index is 10.4. The van der Waals surface area contributed by atoms with Crippen LogP contribution in [0, 0.1) is 47.3 Å². The van der Waals surface area contributed by atoms with Gasteiger partial charge in [-0.05, 0) is 98.0 Å². The third-order valence-electron chi connectivity index (χ3n) is 7.97. The third-order valence-corrected chi connectivity index (χ3v) is 8.84. The number of benzene rings is 1. The van der Waals surface area contributed by atoms with Gasteiger partial charge in [-0.25, -0.2) is 0 Å². The molecule has 0 spiro atoms. The minimum Gasteiger partial charge on any atom is -0.282 e. The first-order valence-corrected chi connectivity index (χ1v) is 11.0. The van der Waals surface area contributed by atoms with Crippen molar-refractivity contribution in [2.24, 2.45) is 47.3 Å². The zero-order valence-corrected chi connectivity index (χ0v) is 14.7. The lowest BCUT2D eigenvalue weighted by molar-refractivity contribution is -0.202. The van der Waals surface area contributed by atoms with Crippen LogP contribution in [-0.4, -0.2) is 13.0 Å². The molecule has 8 rings (SSSR count). The summed E-state index contributed by atoms with van der Waals surface area (Å²) in [7, 11) is -4.00. The van der Waals surface area contributed by atoms with Crippen LogP contribution in [0.2, 0.25) is 0 Å². The van der Waals surface area contributed by atoms with Gasteiger partial charge < -0.3 is 0 Å². The molecular weight excluding hydrogens is 320 g/mol. The molecule has 7 aliphatic carbocycles. The largest absolute Gasteiger partial charge is 0.294 e. The first kappa shape index (κ1) is 15.4. The fourth-order valence-electron chi connectivity index (χ4n) is 7.48. The van der Waals surface area contributed by atoms with Gasteiger partial charge in [0.1, 0.15) is 0 Å². The van der Waals surface area contributed by atoms with Crippen molar-refractivity contribution >= 4 is 10.1 Å². The van der Waals surface area contributed by atoms with E-state index in [0.717, 1.165) is 0 Å². The van der Waals surface area contributed by atoms with E-state index in [0.29, 0.717) is 0 Å². The van der Waals surface area contributed by atoms with Crippen molar-refractivity contribution in [3.8, 4) is 0 Å². The molecule has 7 fully saturated rings. The van der Waals surface area contributed by atoms with Crippen molar-refractivity contribution in [2.75, 3.05) is 0 Å². The van der Waals surface area contributed by atoms with Crippen molar-refractivity contribution in [1.82, 2.24) is 0 Å². The zero-order chi connectivity index (χ0) is 16.5. The molecule has 0 aromatic heterocycles. The Labute approximate surface area is 144 Å². The molecule has 1 aromatic carbocycles. The minimum absolute atomic E-state index is 0.0741. The van der Waals surface area contributed by atoms with Crippen LogP contribution >= 0.6 is 0 Å². The quantitative estimate of drug-likeness (QED) is 0.773. The molecule has 0 heterocycles. The van der Waals surface area contributed by atoms with Crippen LogP contribution in [0.15, 0.2) is 35.2 Å². The summed E-state index contributed by atoms with van der Waals surface area (Å²) in [6.45, 7) is 0. The van der Waals surface area contributed by atoms with Crippen molar-refractivity contribution in [3.05, 3.63) is 30.3 Å². The minimum atomic E-state index is -4.00. The molecule has 1 N–H and O–H groups in total. The molecule has 1 aromatic rings. The number of hydrogen-bond acceptors (Lipinski definition) is 2. The lowest BCUT2D eigenvalue weighted by atomic mass is 9.36. The fraction of sp³-hybridized carbons (Fsp3) is 0.700. The normalized spacial score (nSPS) is 46.7. The van der Waals surface area contributed by atoms with Gasteiger partial charge in [-0.1, -0.05) is 18.2 Å². The molecule has 24 heavy (non-hydrogen) atoms. The molecule has 0 atom stereocenters. The maximum absolute atomic E-state index is 10.4. The predicted molar refractivity (Wildman–Crippen MR) is 91.9 cm³/mol. The highest BCUT2D eigenvalue weighted by atomic mass is 32.2. The van der Waals surface area contributed by atoms with Gasteiger partial charge in [-0.3, -0.25) is 4.55 Å². The molecule has 0 saturated heterocycles. The summed E-state index contributed by atoms with van der Waals surface area (Å²) >= 11 is 0. The number of hydrogen-bond donors (Lipinski definition) is 1. The lowest BCUT2D eigenvalue weighted by Crippen LogP contribution is -2.62. The van der Waals surface area contributed by atoms with Gasteiger partial charge in [0, 0.05) is 0 Å². The molecule has 7 saturated carbocycles. The van der Waals surface area contributed by atoms with Crippen LogP contribution in [-0.2, 0) is 10.1 Å². The highest BCUT2D eigenvalue weighted by Crippen LogP contribution is 2.71. The third kappa shape index (κ3) is 2.29. The summed E-state index contributed by atoms with van der Waals surface area (Å²) in [6, 6.07) is 7.42. The molecule has 0 radical (unpaired) electrons. The topological polar surface area (TPSA) is 54.4 Å². The van der Waals surface area contributed by atoms with E-state index in [2.05, 4.69) is 0 Å². The van der Waals surface area contributed by atoms with Crippen LogP contribution < -0.4 is 0 Å². The summed E-state index contributed by atoms with van der Waals surface area (Å²) in [5.74, 6) is 9.74. The van der Waals surface area contributed by atoms with Gasteiger partial charge in [-0.2, -0.15) is 8.42 Å². The Bertz CT molecular complexity index is 639. The summed E-state index contributed by atoms with van der Waals surface area (Å²) in [5.41, 5.74) is 0. The average molecular weight is 346 g/mol. The highest BCUT2D eigenvalue weighted by molar-refractivity contribution is 7.85. The Hall–Kier alpha value is -0.870. The summed E-state index contributed by atoms with van der Waals surface area (Å²) < 4.78 is 29.2. The van der Waals surface area contributed by atoms with Crippen molar-refractivity contribution < 1.29 is 13.0 Å². The van der Waals surface area contributed by atoms with E-state index in [4.69, 9.17) is 4.55 Å². The van der Waals surface area contributed by atoms with E-state index in [1.54, 1.807) is 56.7 Å². The van der Waals surface area contributed by atoms with Crippen LogP contribution in [0.25, 0.3) is 0 Å². The zero-order valence-electron chi connectivity index (χ0n) is 13.9. The Morgan fingerprint density at radius 1 is 0.667 bits per heavy atom. The summed E-state index contributed by atoms with van der Waals surface area (Å²) in [4.78, 5) is -0.0741. The Morgan fingerprint density at radius 2 is 1.00 bits per heavy atom. The Balaban J connectivity index is 0.000000117. The van der Waals surface area contributed by atoms with Gasteiger partial charge in [0.05, 0.1) is 4.90 Å². The fourth-order valence-corrected chi connectivity index (χ4v) is 7.98. The highest BCUT2D eigenvalue weighted by Gasteiger charge is 2.63. The Morgan fingerprint density at radius 3 is 1.25 bits per heavy atom. The summed E-state index contributed by atoms with van der Waals surface area (Å²) in [6.07, 6.45) is 9.93. The molecule has 8 bridgehead atoms. The second-order valence-electron chi connectivity index (χ2n) is 8.92. The first-order valence-electron chi connectivity index (χ1n) is 9.53. The van der Waals surface area contributed by atoms with Crippen LogP contribution in [0.1, 0.15) is 38.5 Å². The predicted octanol–water partition coefficient (Wildman–Crippen LogP) is 4.26. The smallest absolute Gasteiger partial charge is 0.282 e. The van der Waals surface area contributed by atoms with E-state index in [9.17, 15) is 8.42 Å². The molecule has 0 amide bonds. The van der Waals surface area contributed by atoms with Crippen LogP contribution in [0.3, 0.4) is 0 Å². The second kappa shape index (κ2) is 5.31. The molecule has 7 aliphatic rings. The molecule has 130 valence electrons. The van der Waals surface area contributed by atoms with Gasteiger partial charge >= 0.3 is 0 Å². The number of rotatable bonds is 1. The van der Waals surface area contributed by atoms with E-state index >= 15 is 0 Å². The summed E-state index contributed by atoms with van der Waals surface area (Å²) in [5, 5.41) is 0. The average Bonchev–Trinajstić information content (AvgIpc) is 2.59. The molecule has 0 unspecified atom stereocenters. The van der Waals surface area contributed by atoms with Crippen LogP contribution in [0.5, 0.6) is 0 Å². The maximum Gasteiger partial charge on any atom is 0.294 e. The van der Waals surface area contributed by atoms with E-state index in [-0.39, 0.29) is 4.90 Å². The van der Waals surface area contributed by atoms with Gasteiger partial charge in [0.25, 0.3) is 10.1 Å². The van der Waals surface area contributed by atoms with Crippen LogP contribution in [0.4, 0.5) is 0 Å². The first-order chi connectivity index (χ1) is 11.5. The molecule has 3 nitrogen and oxygen atoms in total. The van der Waals surface area contributed by atoms with E-state index in [1.807, 2.05) is 0 Å². The van der Waals surface area contributed by atoms with Gasteiger partial charge in [-0.15, -0.1) is 0 Å². The lowest BCUT2D eigenvalue weighted by Gasteiger charge is -2.69. The standard InChI is InChI=1S/C14H20.C6H6O3S/c1-7-2-12-10-4-8-5-11(9(1)10)13(3-7)14(12)6-8;7-10(8,9)6-4-2-1-3-5-6/h7-14H,1-6H2;1-5H,(H,7,8,9). The molecule has 0 aliphatic heterocycles. The van der Waals surface area contributed by atoms with Gasteiger partial charge in [0.15, 0.2) is 0 Å². The monoisotopic (exact) mass is 346 g/mol. The Kier molecular flexibility index (Phi) is 3.41.